The van der Waals surface area contributed by atoms with Crippen molar-refractivity contribution in [1.82, 2.24) is 9.97 Å². The Balaban J connectivity index is 3.67. The quantitative estimate of drug-likeness (QED) is 0.0951. The van der Waals surface area contributed by atoms with Crippen LogP contribution < -0.4 is 5.32 Å². The number of anilines is 1. The first-order chi connectivity index (χ1) is 16.0. The van der Waals surface area contributed by atoms with Crippen LogP contribution in [0, 0.1) is 12.3 Å². The van der Waals surface area contributed by atoms with Crippen LogP contribution in [0.5, 0.6) is 0 Å². The molecule has 0 amide bonds. The number of alkyl halides is 3. The Kier molecular flexibility index (Phi) is 13.1. The summed E-state index contributed by atoms with van der Waals surface area (Å²) >= 11 is 3.14. The predicted octanol–water partition coefficient (Wildman–Crippen LogP) is 7.99. The molecule has 0 fully saturated rings. The van der Waals surface area contributed by atoms with Crippen LogP contribution in [0.3, 0.4) is 0 Å². The maximum atomic E-state index is 15.0. The molecule has 1 aromatic heterocycles. The summed E-state index contributed by atoms with van der Waals surface area (Å²) in [7, 11) is 0. The first-order valence-electron chi connectivity index (χ1n) is 10.8. The Labute approximate surface area is 208 Å². The van der Waals surface area contributed by atoms with Crippen molar-refractivity contribution in [1.29, 1.82) is 0 Å². The number of nitrogens with zero attached hydrogens (tertiary/aromatic N) is 2. The van der Waals surface area contributed by atoms with Crippen LogP contribution in [0.15, 0.2) is 46.5 Å². The van der Waals surface area contributed by atoms with E-state index >= 15 is 0 Å². The normalized spacial score (nSPS) is 13.7. The number of hydrogen-bond donors (Lipinski definition) is 1. The number of nitrogens with one attached hydrogen (secondary N) is 1. The first-order valence-corrected chi connectivity index (χ1v) is 12.8. The molecule has 0 spiro atoms. The SMILES string of the molecule is C#CC/C=C(F)\C(=C/CC(F)(F)F)c1nc(CC(=C)C)c(SCC)c(NC(C)CS/C=C\C)n1. The van der Waals surface area contributed by atoms with E-state index in [0.29, 0.717) is 17.9 Å². The molecule has 0 saturated heterocycles. The predicted molar refractivity (Wildman–Crippen MR) is 139 cm³/mol. The molecule has 9 heteroatoms. The van der Waals surface area contributed by atoms with Crippen molar-refractivity contribution in [2.24, 2.45) is 0 Å². The van der Waals surface area contributed by atoms with Crippen molar-refractivity contribution >= 4 is 34.9 Å². The van der Waals surface area contributed by atoms with Crippen LogP contribution in [-0.2, 0) is 6.42 Å². The zero-order valence-corrected chi connectivity index (χ0v) is 21.6. The number of rotatable bonds is 13. The van der Waals surface area contributed by atoms with Gasteiger partial charge in [-0.15, -0.1) is 35.9 Å². The molecular weight excluding hydrogens is 482 g/mol. The largest absolute Gasteiger partial charge is 0.392 e. The van der Waals surface area contributed by atoms with Gasteiger partial charge in [0.25, 0.3) is 0 Å². The number of halogens is 4. The molecule has 0 aliphatic carbocycles. The van der Waals surface area contributed by atoms with Gasteiger partial charge >= 0.3 is 6.18 Å². The van der Waals surface area contributed by atoms with Gasteiger partial charge in [-0.25, -0.2) is 14.4 Å². The third-order valence-corrected chi connectivity index (χ3v) is 6.25. The highest BCUT2D eigenvalue weighted by molar-refractivity contribution is 8.02. The number of allylic oxidation sites excluding steroid dienone is 6. The number of terminal acetylenes is 1. The Morgan fingerprint density at radius 1 is 1.29 bits per heavy atom. The van der Waals surface area contributed by atoms with Crippen LogP contribution in [0.25, 0.3) is 5.57 Å². The lowest BCUT2D eigenvalue weighted by Crippen LogP contribution is -2.20. The minimum atomic E-state index is -4.50. The molecule has 1 rings (SSSR count). The average Bonchev–Trinajstić information content (AvgIpc) is 2.73. The van der Waals surface area contributed by atoms with Crippen molar-refractivity contribution in [2.75, 3.05) is 16.8 Å². The lowest BCUT2D eigenvalue weighted by atomic mass is 10.1. The molecule has 0 aliphatic heterocycles. The second kappa shape index (κ2) is 14.9. The summed E-state index contributed by atoms with van der Waals surface area (Å²) in [6, 6.07) is -0.0118. The summed E-state index contributed by atoms with van der Waals surface area (Å²) in [5, 5.41) is 5.31. The van der Waals surface area contributed by atoms with Crippen molar-refractivity contribution in [3.05, 3.63) is 53.1 Å². The van der Waals surface area contributed by atoms with Crippen LogP contribution in [0.2, 0.25) is 0 Å². The molecular formula is C25H31F4N3S2. The molecule has 1 aromatic rings. The lowest BCUT2D eigenvalue weighted by Gasteiger charge is -2.20. The zero-order valence-electron chi connectivity index (χ0n) is 19.9. The van der Waals surface area contributed by atoms with Crippen molar-refractivity contribution in [2.45, 2.75) is 64.1 Å². The molecule has 1 unspecified atom stereocenters. The van der Waals surface area contributed by atoms with Gasteiger partial charge in [0.05, 0.1) is 22.6 Å². The van der Waals surface area contributed by atoms with Crippen molar-refractivity contribution in [3.63, 3.8) is 0 Å². The minimum Gasteiger partial charge on any atom is -0.366 e. The zero-order chi connectivity index (χ0) is 25.7. The molecule has 34 heavy (non-hydrogen) atoms. The van der Waals surface area contributed by atoms with E-state index < -0.39 is 18.4 Å². The van der Waals surface area contributed by atoms with E-state index in [1.54, 1.807) is 11.8 Å². The van der Waals surface area contributed by atoms with Gasteiger partial charge in [-0.1, -0.05) is 31.2 Å². The van der Waals surface area contributed by atoms with E-state index in [2.05, 4.69) is 27.8 Å². The van der Waals surface area contributed by atoms with E-state index in [-0.39, 0.29) is 23.9 Å². The van der Waals surface area contributed by atoms with Gasteiger partial charge in [0.15, 0.2) is 5.82 Å². The van der Waals surface area contributed by atoms with Crippen LogP contribution in [0.4, 0.5) is 23.4 Å². The molecule has 1 heterocycles. The Hall–Kier alpha value is -2.18. The topological polar surface area (TPSA) is 37.8 Å². The number of thioether (sulfide) groups is 2. The highest BCUT2D eigenvalue weighted by Crippen LogP contribution is 2.34. The van der Waals surface area contributed by atoms with E-state index in [9.17, 15) is 17.6 Å². The van der Waals surface area contributed by atoms with E-state index in [0.717, 1.165) is 34.1 Å². The summed E-state index contributed by atoms with van der Waals surface area (Å²) in [5.74, 6) is 3.18. The van der Waals surface area contributed by atoms with Gasteiger partial charge in [-0.3, -0.25) is 0 Å². The smallest absolute Gasteiger partial charge is 0.366 e. The summed E-state index contributed by atoms with van der Waals surface area (Å²) in [6.45, 7) is 11.7. The van der Waals surface area contributed by atoms with E-state index in [4.69, 9.17) is 6.42 Å². The summed E-state index contributed by atoms with van der Waals surface area (Å²) in [6.07, 6.45) is 3.46. The maximum Gasteiger partial charge on any atom is 0.392 e. The van der Waals surface area contributed by atoms with E-state index in [1.807, 2.05) is 39.2 Å². The average molecular weight is 514 g/mol. The summed E-state index contributed by atoms with van der Waals surface area (Å²) in [4.78, 5) is 9.76. The van der Waals surface area contributed by atoms with Gasteiger partial charge in [0.2, 0.25) is 0 Å². The molecule has 0 aliphatic rings. The van der Waals surface area contributed by atoms with Crippen LogP contribution in [0.1, 0.15) is 52.1 Å². The standard InChI is InChI=1S/C25H31F4N3S2/c1-7-10-11-20(26)19(12-13-25(27,28)29)23-31-21(15-17(4)5)22(34-9-3)24(32-23)30-18(6)16-33-14-8-2/h1,8,11-12,14,18H,4,9-10,13,15-16H2,2-3,5-6H3,(H,30,31,32)/b14-8-,19-12+,20-11+. The third kappa shape index (κ3) is 10.8. The molecule has 0 saturated carbocycles. The molecule has 1 atom stereocenters. The summed E-state index contributed by atoms with van der Waals surface area (Å²) in [5.41, 5.74) is 1.07. The fourth-order valence-corrected chi connectivity index (χ4v) is 4.25. The van der Waals surface area contributed by atoms with Gasteiger partial charge in [0.1, 0.15) is 11.6 Å². The molecule has 0 radical (unpaired) electrons. The molecule has 1 N–H and O–H groups in total. The van der Waals surface area contributed by atoms with Crippen LogP contribution in [-0.4, -0.2) is 33.7 Å². The second-order valence-corrected chi connectivity index (χ2v) is 9.70. The van der Waals surface area contributed by atoms with Gasteiger partial charge in [-0.2, -0.15) is 13.2 Å². The van der Waals surface area contributed by atoms with Crippen molar-refractivity contribution in [3.8, 4) is 12.3 Å². The Morgan fingerprint density at radius 3 is 2.56 bits per heavy atom. The van der Waals surface area contributed by atoms with Crippen molar-refractivity contribution < 1.29 is 17.6 Å². The Morgan fingerprint density at radius 2 is 2.00 bits per heavy atom. The fraction of sp³-hybridized carbons (Fsp3) is 0.440. The van der Waals surface area contributed by atoms with Gasteiger partial charge in [0, 0.05) is 24.6 Å². The highest BCUT2D eigenvalue weighted by Gasteiger charge is 2.27. The third-order valence-electron chi connectivity index (χ3n) is 4.09. The number of hydrogen-bond acceptors (Lipinski definition) is 5. The molecule has 0 aromatic carbocycles. The monoisotopic (exact) mass is 513 g/mol. The van der Waals surface area contributed by atoms with Crippen LogP contribution >= 0.6 is 23.5 Å². The van der Waals surface area contributed by atoms with Gasteiger partial charge < -0.3 is 5.32 Å². The van der Waals surface area contributed by atoms with E-state index in [1.165, 1.54) is 11.8 Å². The minimum absolute atomic E-state index is 0.0118. The maximum absolute atomic E-state index is 15.0. The highest BCUT2D eigenvalue weighted by atomic mass is 32.2. The Bertz CT molecular complexity index is 960. The van der Waals surface area contributed by atoms with Gasteiger partial charge in [-0.05, 0) is 38.0 Å². The number of aromatic nitrogens is 2. The molecule has 0 bridgehead atoms. The fourth-order valence-electron chi connectivity index (χ4n) is 2.76. The second-order valence-electron chi connectivity index (χ2n) is 7.48. The molecule has 3 nitrogen and oxygen atoms in total. The molecule has 186 valence electrons. The first kappa shape index (κ1) is 29.9. The lowest BCUT2D eigenvalue weighted by molar-refractivity contribution is -0.124. The summed E-state index contributed by atoms with van der Waals surface area (Å²) < 4.78 is 53.9.